The summed E-state index contributed by atoms with van der Waals surface area (Å²) in [4.78, 5) is 14.2. The number of benzene rings is 1. The first kappa shape index (κ1) is 13.7. The molecule has 4 nitrogen and oxygen atoms in total. The Labute approximate surface area is 122 Å². The number of hydrogen-bond acceptors (Lipinski definition) is 3. The summed E-state index contributed by atoms with van der Waals surface area (Å²) >= 11 is 0. The van der Waals surface area contributed by atoms with E-state index in [1.165, 1.54) is 23.1 Å². The third kappa shape index (κ3) is 2.39. The van der Waals surface area contributed by atoms with E-state index in [0.29, 0.717) is 30.3 Å². The van der Waals surface area contributed by atoms with Gasteiger partial charge in [-0.05, 0) is 25.1 Å². The second kappa shape index (κ2) is 5.24. The number of aryl methyl sites for hydroxylation is 2. The minimum absolute atomic E-state index is 0.262. The zero-order chi connectivity index (χ0) is 15.0. The third-order valence-corrected chi connectivity index (χ3v) is 3.54. The fraction of sp³-hybridized carbons (Fsp3) is 0.312. The van der Waals surface area contributed by atoms with Crippen LogP contribution in [0.3, 0.4) is 0 Å². The summed E-state index contributed by atoms with van der Waals surface area (Å²) in [5.74, 6) is 0.924. The van der Waals surface area contributed by atoms with Gasteiger partial charge in [0.15, 0.2) is 5.76 Å². The quantitative estimate of drug-likeness (QED) is 0.851. The van der Waals surface area contributed by atoms with E-state index in [1.807, 2.05) is 19.9 Å². The van der Waals surface area contributed by atoms with Gasteiger partial charge in [0, 0.05) is 18.1 Å². The molecule has 0 saturated heterocycles. The molecule has 1 aliphatic rings. The van der Waals surface area contributed by atoms with Gasteiger partial charge < -0.3 is 9.15 Å². The Bertz CT molecular complexity index is 693. The topological polar surface area (TPSA) is 42.7 Å². The molecule has 2 heterocycles. The number of ether oxygens (including phenoxy) is 1. The molecule has 2 aromatic rings. The van der Waals surface area contributed by atoms with Crippen molar-refractivity contribution in [1.82, 2.24) is 0 Å². The van der Waals surface area contributed by atoms with Gasteiger partial charge in [-0.1, -0.05) is 6.92 Å². The van der Waals surface area contributed by atoms with E-state index in [9.17, 15) is 9.18 Å². The Morgan fingerprint density at radius 3 is 2.90 bits per heavy atom. The molecule has 0 atom stereocenters. The van der Waals surface area contributed by atoms with Crippen LogP contribution in [0.1, 0.15) is 28.8 Å². The van der Waals surface area contributed by atoms with Crippen LogP contribution in [0, 0.1) is 12.7 Å². The molecular weight excluding hydrogens is 273 g/mol. The fourth-order valence-electron chi connectivity index (χ4n) is 2.46. The van der Waals surface area contributed by atoms with E-state index >= 15 is 0 Å². The Morgan fingerprint density at radius 2 is 2.19 bits per heavy atom. The van der Waals surface area contributed by atoms with E-state index in [0.717, 1.165) is 17.7 Å². The minimum Gasteiger partial charge on any atom is -0.490 e. The zero-order valence-electron chi connectivity index (χ0n) is 12.0. The maximum Gasteiger partial charge on any atom is 0.294 e. The molecule has 1 aliphatic heterocycles. The molecule has 0 bridgehead atoms. The normalized spacial score (nSPS) is 13.8. The second-order valence-electron chi connectivity index (χ2n) is 5.00. The van der Waals surface area contributed by atoms with Crippen LogP contribution in [0.4, 0.5) is 10.1 Å². The van der Waals surface area contributed by atoms with Gasteiger partial charge in [-0.15, -0.1) is 0 Å². The maximum absolute atomic E-state index is 13.5. The number of nitrogens with zero attached hydrogens (tertiary/aromatic N) is 1. The number of anilines is 1. The van der Waals surface area contributed by atoms with Gasteiger partial charge in [0.1, 0.15) is 23.9 Å². The van der Waals surface area contributed by atoms with Gasteiger partial charge in [0.25, 0.3) is 5.91 Å². The highest BCUT2D eigenvalue weighted by Crippen LogP contribution is 2.33. The largest absolute Gasteiger partial charge is 0.490 e. The van der Waals surface area contributed by atoms with Crippen molar-refractivity contribution < 1.29 is 18.3 Å². The molecular formula is C16H16FNO3. The number of fused-ring (bicyclic) bond motifs is 1. The lowest BCUT2D eigenvalue weighted by Crippen LogP contribution is -2.38. The van der Waals surface area contributed by atoms with Crippen LogP contribution in [-0.4, -0.2) is 19.1 Å². The van der Waals surface area contributed by atoms with Crippen molar-refractivity contribution in [1.29, 1.82) is 0 Å². The molecule has 0 aliphatic carbocycles. The molecule has 110 valence electrons. The van der Waals surface area contributed by atoms with Crippen LogP contribution < -0.4 is 9.64 Å². The molecule has 0 unspecified atom stereocenters. The number of carbonyl (C=O) groups is 1. The van der Waals surface area contributed by atoms with Gasteiger partial charge in [-0.25, -0.2) is 4.39 Å². The highest BCUT2D eigenvalue weighted by Gasteiger charge is 2.28. The molecule has 0 saturated carbocycles. The van der Waals surface area contributed by atoms with E-state index < -0.39 is 5.82 Å². The van der Waals surface area contributed by atoms with Crippen molar-refractivity contribution in [3.63, 3.8) is 0 Å². The first-order valence-corrected chi connectivity index (χ1v) is 6.93. The summed E-state index contributed by atoms with van der Waals surface area (Å²) in [5, 5.41) is 0. The number of rotatable bonds is 2. The second-order valence-corrected chi connectivity index (χ2v) is 5.00. The van der Waals surface area contributed by atoms with E-state index in [1.54, 1.807) is 0 Å². The predicted molar refractivity (Wildman–Crippen MR) is 76.4 cm³/mol. The molecule has 3 rings (SSSR count). The predicted octanol–water partition coefficient (Wildman–Crippen LogP) is 3.33. The molecule has 1 amide bonds. The van der Waals surface area contributed by atoms with E-state index in [2.05, 4.69) is 0 Å². The molecule has 5 heteroatoms. The fourth-order valence-corrected chi connectivity index (χ4v) is 2.46. The summed E-state index contributed by atoms with van der Waals surface area (Å²) in [6.07, 6.45) is 0.725. The molecule has 0 fully saturated rings. The SMILES string of the molecule is CCc1cc(C)c(C(=O)N2CCOc3ccc(F)cc32)o1. The smallest absolute Gasteiger partial charge is 0.294 e. The lowest BCUT2D eigenvalue weighted by atomic mass is 10.2. The third-order valence-electron chi connectivity index (χ3n) is 3.54. The van der Waals surface area contributed by atoms with Crippen molar-refractivity contribution in [2.45, 2.75) is 20.3 Å². The van der Waals surface area contributed by atoms with Gasteiger partial charge in [-0.2, -0.15) is 0 Å². The van der Waals surface area contributed by atoms with Crippen LogP contribution >= 0.6 is 0 Å². The average molecular weight is 289 g/mol. The number of amides is 1. The van der Waals surface area contributed by atoms with E-state index in [-0.39, 0.29) is 5.91 Å². The van der Waals surface area contributed by atoms with Crippen LogP contribution in [0.25, 0.3) is 0 Å². The van der Waals surface area contributed by atoms with Gasteiger partial charge in [0.05, 0.1) is 12.2 Å². The Balaban J connectivity index is 1.99. The van der Waals surface area contributed by atoms with Crippen molar-refractivity contribution in [3.8, 4) is 5.75 Å². The van der Waals surface area contributed by atoms with Gasteiger partial charge in [0.2, 0.25) is 0 Å². The standard InChI is InChI=1S/C16H16FNO3/c1-3-12-8-10(2)15(21-12)16(19)18-6-7-20-14-5-4-11(17)9-13(14)18/h4-5,8-9H,3,6-7H2,1-2H3. The monoisotopic (exact) mass is 289 g/mol. The molecule has 0 radical (unpaired) electrons. The zero-order valence-corrected chi connectivity index (χ0v) is 12.0. The van der Waals surface area contributed by atoms with Crippen LogP contribution in [0.15, 0.2) is 28.7 Å². The van der Waals surface area contributed by atoms with Crippen molar-refractivity contribution in [3.05, 3.63) is 47.2 Å². The Hall–Kier alpha value is -2.30. The van der Waals surface area contributed by atoms with Crippen LogP contribution in [-0.2, 0) is 6.42 Å². The molecule has 0 N–H and O–H groups in total. The highest BCUT2D eigenvalue weighted by molar-refractivity contribution is 6.06. The molecule has 1 aromatic heterocycles. The number of halogens is 1. The molecule has 1 aromatic carbocycles. The van der Waals surface area contributed by atoms with Crippen molar-refractivity contribution in [2.24, 2.45) is 0 Å². The molecule has 0 spiro atoms. The average Bonchev–Trinajstić information content (AvgIpc) is 2.87. The summed E-state index contributed by atoms with van der Waals surface area (Å²) < 4.78 is 24.5. The lowest BCUT2D eigenvalue weighted by Gasteiger charge is -2.29. The first-order valence-electron chi connectivity index (χ1n) is 6.93. The summed E-state index contributed by atoms with van der Waals surface area (Å²) in [6.45, 7) is 4.55. The van der Waals surface area contributed by atoms with Gasteiger partial charge >= 0.3 is 0 Å². The number of hydrogen-bond donors (Lipinski definition) is 0. The summed E-state index contributed by atoms with van der Waals surface area (Å²) in [6, 6.07) is 6.03. The van der Waals surface area contributed by atoms with Crippen molar-refractivity contribution >= 4 is 11.6 Å². The maximum atomic E-state index is 13.5. The van der Waals surface area contributed by atoms with Gasteiger partial charge in [-0.3, -0.25) is 9.69 Å². The first-order chi connectivity index (χ1) is 10.1. The Morgan fingerprint density at radius 1 is 1.38 bits per heavy atom. The summed E-state index contributed by atoms with van der Waals surface area (Å²) in [5.41, 5.74) is 1.24. The van der Waals surface area contributed by atoms with Crippen molar-refractivity contribution in [2.75, 3.05) is 18.1 Å². The molecule has 21 heavy (non-hydrogen) atoms. The number of carbonyl (C=O) groups excluding carboxylic acids is 1. The van der Waals surface area contributed by atoms with E-state index in [4.69, 9.17) is 9.15 Å². The lowest BCUT2D eigenvalue weighted by molar-refractivity contribution is 0.0947. The highest BCUT2D eigenvalue weighted by atomic mass is 19.1. The van der Waals surface area contributed by atoms with Crippen LogP contribution in [0.5, 0.6) is 5.75 Å². The number of furan rings is 1. The summed E-state index contributed by atoms with van der Waals surface area (Å²) in [7, 11) is 0. The minimum atomic E-state index is -0.400. The Kier molecular flexibility index (Phi) is 3.41. The van der Waals surface area contributed by atoms with Crippen LogP contribution in [0.2, 0.25) is 0 Å².